The Labute approximate surface area is 200 Å². The number of ether oxygens (including phenoxy) is 4. The Hall–Kier alpha value is -3.46. The molecule has 0 saturated heterocycles. The number of hydrogen-bond donors (Lipinski definition) is 3. The predicted molar refractivity (Wildman–Crippen MR) is 130 cm³/mol. The van der Waals surface area contributed by atoms with Gasteiger partial charge in [-0.1, -0.05) is 0 Å². The highest BCUT2D eigenvalue weighted by Crippen LogP contribution is 2.37. The zero-order valence-corrected chi connectivity index (χ0v) is 20.9. The fourth-order valence-electron chi connectivity index (χ4n) is 3.06. The second kappa shape index (κ2) is 10.6. The minimum absolute atomic E-state index is 0.378. The standard InChI is InChI=1S/C25H34N2O7/c1-24(2,3)33-22(29)26-15-9-11-19(31-7)17(13-15)21(28)18-14-16(10-12-20(18)32-8)27-23(30)34-25(4,5)6/h9-14,21,28H,1-8H3,(H,26,29)(H,27,30). The van der Waals surface area contributed by atoms with Crippen LogP contribution in [-0.2, 0) is 9.47 Å². The number of aliphatic hydroxyl groups excluding tert-OH is 1. The maximum absolute atomic E-state index is 12.2. The lowest BCUT2D eigenvalue weighted by Gasteiger charge is -2.22. The average Bonchev–Trinajstić information content (AvgIpc) is 2.70. The van der Waals surface area contributed by atoms with E-state index in [1.807, 2.05) is 0 Å². The molecule has 0 aliphatic rings. The summed E-state index contributed by atoms with van der Waals surface area (Å²) in [5.41, 5.74) is 0.256. The summed E-state index contributed by atoms with van der Waals surface area (Å²) in [6.45, 7) is 10.6. The number of amides is 2. The topological polar surface area (TPSA) is 115 Å². The van der Waals surface area contributed by atoms with E-state index in [1.54, 1.807) is 77.9 Å². The van der Waals surface area contributed by atoms with Crippen molar-refractivity contribution in [2.24, 2.45) is 0 Å². The van der Waals surface area contributed by atoms with Gasteiger partial charge >= 0.3 is 12.2 Å². The van der Waals surface area contributed by atoms with Crippen LogP contribution in [0.15, 0.2) is 36.4 Å². The lowest BCUT2D eigenvalue weighted by Crippen LogP contribution is -2.27. The molecule has 0 fully saturated rings. The Balaban J connectivity index is 2.38. The third-order valence-corrected chi connectivity index (χ3v) is 4.34. The van der Waals surface area contributed by atoms with Crippen LogP contribution in [0.25, 0.3) is 0 Å². The molecule has 0 atom stereocenters. The first-order chi connectivity index (χ1) is 15.7. The molecule has 9 heteroatoms. The van der Waals surface area contributed by atoms with Gasteiger partial charge in [0, 0.05) is 22.5 Å². The van der Waals surface area contributed by atoms with E-state index in [4.69, 9.17) is 18.9 Å². The Morgan fingerprint density at radius 2 is 1.09 bits per heavy atom. The number of aliphatic hydroxyl groups is 1. The summed E-state index contributed by atoms with van der Waals surface area (Å²) in [4.78, 5) is 24.4. The van der Waals surface area contributed by atoms with Crippen LogP contribution in [0, 0.1) is 0 Å². The highest BCUT2D eigenvalue weighted by atomic mass is 16.6. The van der Waals surface area contributed by atoms with Crippen molar-refractivity contribution in [3.05, 3.63) is 47.5 Å². The number of rotatable bonds is 6. The smallest absolute Gasteiger partial charge is 0.412 e. The third-order valence-electron chi connectivity index (χ3n) is 4.34. The number of methoxy groups -OCH3 is 2. The van der Waals surface area contributed by atoms with Crippen LogP contribution in [0.4, 0.5) is 21.0 Å². The Morgan fingerprint density at radius 3 is 1.38 bits per heavy atom. The van der Waals surface area contributed by atoms with Crippen molar-refractivity contribution >= 4 is 23.6 Å². The van der Waals surface area contributed by atoms with Crippen LogP contribution >= 0.6 is 0 Å². The fourth-order valence-corrected chi connectivity index (χ4v) is 3.06. The van der Waals surface area contributed by atoms with E-state index in [-0.39, 0.29) is 0 Å². The van der Waals surface area contributed by atoms with Gasteiger partial charge in [-0.15, -0.1) is 0 Å². The average molecular weight is 475 g/mol. The lowest BCUT2D eigenvalue weighted by atomic mass is 9.98. The Kier molecular flexibility index (Phi) is 8.39. The van der Waals surface area contributed by atoms with Crippen LogP contribution < -0.4 is 20.1 Å². The van der Waals surface area contributed by atoms with Gasteiger partial charge in [0.1, 0.15) is 28.8 Å². The highest BCUT2D eigenvalue weighted by Gasteiger charge is 2.23. The van der Waals surface area contributed by atoms with Gasteiger partial charge in [0.25, 0.3) is 0 Å². The van der Waals surface area contributed by atoms with E-state index in [2.05, 4.69) is 10.6 Å². The molecular formula is C25H34N2O7. The van der Waals surface area contributed by atoms with E-state index >= 15 is 0 Å². The molecule has 0 heterocycles. The minimum Gasteiger partial charge on any atom is -0.496 e. The number of carbonyl (C=O) groups excluding carboxylic acids is 2. The molecule has 2 amide bonds. The van der Waals surface area contributed by atoms with E-state index in [0.29, 0.717) is 34.0 Å². The third kappa shape index (κ3) is 7.84. The molecule has 2 aromatic carbocycles. The van der Waals surface area contributed by atoms with Crippen LogP contribution in [0.1, 0.15) is 58.8 Å². The molecule has 34 heavy (non-hydrogen) atoms. The monoisotopic (exact) mass is 474 g/mol. The Morgan fingerprint density at radius 1 is 0.735 bits per heavy atom. The molecule has 186 valence electrons. The van der Waals surface area contributed by atoms with Gasteiger partial charge in [0.2, 0.25) is 0 Å². The molecule has 9 nitrogen and oxygen atoms in total. The quantitative estimate of drug-likeness (QED) is 0.508. The normalized spacial score (nSPS) is 11.6. The maximum atomic E-state index is 12.2. The molecule has 0 saturated carbocycles. The van der Waals surface area contributed by atoms with E-state index in [9.17, 15) is 14.7 Å². The number of carbonyl (C=O) groups is 2. The Bertz CT molecular complexity index is 941. The summed E-state index contributed by atoms with van der Waals surface area (Å²) in [6.07, 6.45) is -2.45. The summed E-state index contributed by atoms with van der Waals surface area (Å²) in [5, 5.41) is 16.6. The molecule has 2 rings (SSSR count). The lowest BCUT2D eigenvalue weighted by molar-refractivity contribution is 0.0624. The first kappa shape index (κ1) is 26.8. The first-order valence-electron chi connectivity index (χ1n) is 10.8. The van der Waals surface area contributed by atoms with Crippen LogP contribution in [0.5, 0.6) is 11.5 Å². The zero-order chi connectivity index (χ0) is 25.7. The van der Waals surface area contributed by atoms with Crippen molar-refractivity contribution < 1.29 is 33.6 Å². The molecular weight excluding hydrogens is 440 g/mol. The number of benzene rings is 2. The molecule has 0 aliphatic carbocycles. The van der Waals surface area contributed by atoms with Gasteiger partial charge in [-0.2, -0.15) is 0 Å². The molecule has 0 aliphatic heterocycles. The van der Waals surface area contributed by atoms with Gasteiger partial charge in [0.05, 0.1) is 14.2 Å². The second-order valence-corrected chi connectivity index (χ2v) is 9.57. The summed E-state index contributed by atoms with van der Waals surface area (Å²) < 4.78 is 21.4. The largest absolute Gasteiger partial charge is 0.496 e. The van der Waals surface area contributed by atoms with Gasteiger partial charge in [-0.3, -0.25) is 10.6 Å². The summed E-state index contributed by atoms with van der Waals surface area (Å²) in [5.74, 6) is 0.796. The van der Waals surface area contributed by atoms with Gasteiger partial charge < -0.3 is 24.1 Å². The molecule has 0 radical (unpaired) electrons. The van der Waals surface area contributed by atoms with Gasteiger partial charge in [-0.25, -0.2) is 9.59 Å². The second-order valence-electron chi connectivity index (χ2n) is 9.57. The number of nitrogens with one attached hydrogen (secondary N) is 2. The van der Waals surface area contributed by atoms with Gasteiger partial charge in [-0.05, 0) is 77.9 Å². The van der Waals surface area contributed by atoms with Crippen LogP contribution in [0.3, 0.4) is 0 Å². The van der Waals surface area contributed by atoms with Crippen molar-refractivity contribution in [1.29, 1.82) is 0 Å². The zero-order valence-electron chi connectivity index (χ0n) is 20.9. The van der Waals surface area contributed by atoms with Crippen molar-refractivity contribution in [3.63, 3.8) is 0 Å². The number of anilines is 2. The van der Waals surface area contributed by atoms with Crippen molar-refractivity contribution in [2.45, 2.75) is 58.8 Å². The van der Waals surface area contributed by atoms with E-state index in [1.165, 1.54) is 14.2 Å². The van der Waals surface area contributed by atoms with Crippen LogP contribution in [0.2, 0.25) is 0 Å². The molecule has 3 N–H and O–H groups in total. The SMILES string of the molecule is COc1ccc(NC(=O)OC(C)(C)C)cc1C(O)c1cc(NC(=O)OC(C)(C)C)ccc1OC. The molecule has 0 unspecified atom stereocenters. The predicted octanol–water partition coefficient (Wildman–Crippen LogP) is 5.48. The van der Waals surface area contributed by atoms with Crippen LogP contribution in [-0.4, -0.2) is 42.7 Å². The summed E-state index contributed by atoms with van der Waals surface area (Å²) >= 11 is 0. The number of hydrogen-bond acceptors (Lipinski definition) is 7. The highest BCUT2D eigenvalue weighted by molar-refractivity contribution is 5.86. The minimum atomic E-state index is -1.20. The molecule has 2 aromatic rings. The van der Waals surface area contributed by atoms with Crippen molar-refractivity contribution in [2.75, 3.05) is 24.9 Å². The molecule has 0 spiro atoms. The summed E-state index contributed by atoms with van der Waals surface area (Å²) in [7, 11) is 2.95. The maximum Gasteiger partial charge on any atom is 0.412 e. The van der Waals surface area contributed by atoms with Crippen molar-refractivity contribution in [3.8, 4) is 11.5 Å². The van der Waals surface area contributed by atoms with E-state index < -0.39 is 29.5 Å². The molecule has 0 bridgehead atoms. The van der Waals surface area contributed by atoms with Crippen molar-refractivity contribution in [1.82, 2.24) is 0 Å². The van der Waals surface area contributed by atoms with Gasteiger partial charge in [0.15, 0.2) is 0 Å². The summed E-state index contributed by atoms with van der Waals surface area (Å²) in [6, 6.07) is 9.69. The van der Waals surface area contributed by atoms with E-state index in [0.717, 1.165) is 0 Å². The fraction of sp³-hybridized carbons (Fsp3) is 0.440. The molecule has 0 aromatic heterocycles. The first-order valence-corrected chi connectivity index (χ1v) is 10.8.